The van der Waals surface area contributed by atoms with E-state index in [0.717, 1.165) is 5.69 Å². The number of aryl methyl sites for hydroxylation is 12. The van der Waals surface area contributed by atoms with Gasteiger partial charge in [0.15, 0.2) is 0 Å². The van der Waals surface area contributed by atoms with E-state index in [1.807, 2.05) is 0 Å². The molecule has 338 valence electrons. The summed E-state index contributed by atoms with van der Waals surface area (Å²) in [5.74, 6) is 0. The molecule has 9 aromatic carbocycles. The lowest BCUT2D eigenvalue weighted by atomic mass is 9.34. The maximum absolute atomic E-state index is 2.46. The van der Waals surface area contributed by atoms with Crippen LogP contribution in [-0.2, 0) is 0 Å². The van der Waals surface area contributed by atoms with Gasteiger partial charge in [-0.25, -0.2) is 0 Å². The van der Waals surface area contributed by atoms with Crippen LogP contribution in [0.15, 0.2) is 164 Å². The Morgan fingerprint density at radius 2 is 0.580 bits per heavy atom. The molecule has 0 N–H and O–H groups in total. The summed E-state index contributed by atoms with van der Waals surface area (Å²) in [5, 5.41) is 2.49. The van der Waals surface area contributed by atoms with Crippen molar-refractivity contribution in [1.29, 1.82) is 0 Å². The van der Waals surface area contributed by atoms with Crippen molar-refractivity contribution in [3.63, 3.8) is 0 Å². The maximum atomic E-state index is 2.46. The molecule has 0 aliphatic carbocycles. The summed E-state index contributed by atoms with van der Waals surface area (Å²) in [4.78, 5) is 0. The molecule has 69 heavy (non-hydrogen) atoms. The van der Waals surface area contributed by atoms with E-state index in [-0.39, 0.29) is 13.4 Å². The van der Waals surface area contributed by atoms with Crippen LogP contribution in [0.2, 0.25) is 0 Å². The third kappa shape index (κ3) is 8.37. The standard InChI is InChI=1S/C66H63B2N/c1-40-28-44(5)63(45(6)29-40)67(64-46(7)30-41(2)31-47(64)8)56-20-16-18-52(36-56)54-24-26-61-59(38-54)60-39-55(25-27-62(60)69(61)58-22-14-13-15-23-58)53-19-17-21-57(37-53)68(65-48(9)32-42(3)33-49(65)10)66-50(11)34-43(4)35-51(66)12/h13-39H,1-12H3. The van der Waals surface area contributed by atoms with Gasteiger partial charge in [-0.1, -0.05) is 227 Å². The Hall–Kier alpha value is -7.09. The van der Waals surface area contributed by atoms with Gasteiger partial charge in [0.05, 0.1) is 11.0 Å². The topological polar surface area (TPSA) is 4.93 Å². The first-order chi connectivity index (χ1) is 33.1. The smallest absolute Gasteiger partial charge is 0.242 e. The van der Waals surface area contributed by atoms with Crippen molar-refractivity contribution in [3.8, 4) is 27.9 Å². The van der Waals surface area contributed by atoms with Crippen molar-refractivity contribution in [1.82, 2.24) is 4.57 Å². The number of hydrogen-bond acceptors (Lipinski definition) is 0. The zero-order valence-corrected chi connectivity index (χ0v) is 42.7. The number of benzene rings is 9. The molecule has 1 aromatic heterocycles. The lowest BCUT2D eigenvalue weighted by Gasteiger charge is -2.25. The molecule has 0 unspecified atom stereocenters. The molecule has 0 saturated carbocycles. The molecule has 1 nitrogen and oxygen atoms in total. The zero-order chi connectivity index (χ0) is 48.4. The average Bonchev–Trinajstić information content (AvgIpc) is 3.63. The van der Waals surface area contributed by atoms with Crippen molar-refractivity contribution in [2.24, 2.45) is 0 Å². The Balaban J connectivity index is 1.15. The first-order valence-corrected chi connectivity index (χ1v) is 24.8. The monoisotopic (exact) mass is 892 g/mol. The van der Waals surface area contributed by atoms with Crippen molar-refractivity contribution in [3.05, 3.63) is 231 Å². The molecular formula is C66H63B2N. The van der Waals surface area contributed by atoms with Crippen LogP contribution in [0.3, 0.4) is 0 Å². The molecule has 0 amide bonds. The highest BCUT2D eigenvalue weighted by Gasteiger charge is 2.30. The molecular weight excluding hydrogens is 828 g/mol. The zero-order valence-electron chi connectivity index (χ0n) is 42.7. The highest BCUT2D eigenvalue weighted by atomic mass is 15.0. The number of fused-ring (bicyclic) bond motifs is 3. The van der Waals surface area contributed by atoms with Gasteiger partial charge in [-0.2, -0.15) is 0 Å². The Morgan fingerprint density at radius 3 is 0.899 bits per heavy atom. The van der Waals surface area contributed by atoms with Crippen LogP contribution in [0.25, 0.3) is 49.7 Å². The van der Waals surface area contributed by atoms with Crippen LogP contribution >= 0.6 is 0 Å². The van der Waals surface area contributed by atoms with Crippen molar-refractivity contribution >= 4 is 68.0 Å². The Bertz CT molecular complexity index is 3220. The number of hydrogen-bond donors (Lipinski definition) is 0. The highest BCUT2D eigenvalue weighted by Crippen LogP contribution is 2.37. The van der Waals surface area contributed by atoms with Gasteiger partial charge >= 0.3 is 0 Å². The summed E-state index contributed by atoms with van der Waals surface area (Å²) in [6.45, 7) is 27.4. The van der Waals surface area contributed by atoms with Crippen LogP contribution in [0.5, 0.6) is 0 Å². The molecule has 0 radical (unpaired) electrons. The van der Waals surface area contributed by atoms with E-state index < -0.39 is 0 Å². The lowest BCUT2D eigenvalue weighted by Crippen LogP contribution is -2.55. The first-order valence-electron chi connectivity index (χ1n) is 24.8. The summed E-state index contributed by atoms with van der Waals surface area (Å²) in [6.07, 6.45) is 0. The van der Waals surface area contributed by atoms with E-state index in [9.17, 15) is 0 Å². The molecule has 1 heterocycles. The van der Waals surface area contributed by atoms with Crippen molar-refractivity contribution in [2.45, 2.75) is 83.1 Å². The van der Waals surface area contributed by atoms with Gasteiger partial charge in [0.25, 0.3) is 0 Å². The Morgan fingerprint density at radius 1 is 0.275 bits per heavy atom. The lowest BCUT2D eigenvalue weighted by molar-refractivity contribution is 1.18. The molecule has 3 heteroatoms. The normalized spacial score (nSPS) is 11.5. The third-order valence-electron chi connectivity index (χ3n) is 15.0. The summed E-state index contributed by atoms with van der Waals surface area (Å²) < 4.78 is 2.44. The summed E-state index contributed by atoms with van der Waals surface area (Å²) in [7, 11) is 0. The van der Waals surface area contributed by atoms with Gasteiger partial charge in [0.1, 0.15) is 0 Å². The SMILES string of the molecule is Cc1cc(C)c(B(c2cccc(-c3ccc4c(c3)c3cc(-c5cccc(B(c6c(C)cc(C)cc6C)c6c(C)cc(C)cc6C)c5)ccc3n4-c3ccccc3)c2)c2c(C)cc(C)cc2C)c(C)c1. The predicted octanol–water partition coefficient (Wildman–Crippen LogP) is 12.9. The van der Waals surface area contributed by atoms with Gasteiger partial charge in [-0.05, 0) is 142 Å². The molecule has 0 saturated heterocycles. The summed E-state index contributed by atoms with van der Waals surface area (Å²) in [6, 6.07) is 62.7. The van der Waals surface area contributed by atoms with Gasteiger partial charge < -0.3 is 4.57 Å². The number of nitrogens with zero attached hydrogens (tertiary/aromatic N) is 1. The van der Waals surface area contributed by atoms with Crippen LogP contribution < -0.4 is 32.8 Å². The van der Waals surface area contributed by atoms with E-state index in [4.69, 9.17) is 0 Å². The molecule has 0 aliphatic heterocycles. The molecule has 10 rings (SSSR count). The van der Waals surface area contributed by atoms with Gasteiger partial charge in [0, 0.05) is 16.5 Å². The van der Waals surface area contributed by atoms with E-state index in [0.29, 0.717) is 0 Å². The second-order valence-corrected chi connectivity index (χ2v) is 20.5. The van der Waals surface area contributed by atoms with Gasteiger partial charge in [-0.15, -0.1) is 0 Å². The molecule has 0 atom stereocenters. The van der Waals surface area contributed by atoms with E-state index in [1.165, 1.54) is 144 Å². The minimum Gasteiger partial charge on any atom is -0.309 e. The van der Waals surface area contributed by atoms with Crippen LogP contribution in [0.1, 0.15) is 66.8 Å². The number of rotatable bonds is 9. The Labute approximate surface area is 412 Å². The minimum atomic E-state index is 0.102. The van der Waals surface area contributed by atoms with Crippen molar-refractivity contribution in [2.75, 3.05) is 0 Å². The second kappa shape index (κ2) is 18.1. The minimum absolute atomic E-state index is 0.102. The van der Waals surface area contributed by atoms with Crippen LogP contribution in [0, 0.1) is 83.1 Å². The fourth-order valence-electron chi connectivity index (χ4n) is 12.6. The van der Waals surface area contributed by atoms with Crippen LogP contribution in [-0.4, -0.2) is 18.0 Å². The molecule has 0 aliphatic rings. The number of para-hydroxylation sites is 1. The quantitative estimate of drug-likeness (QED) is 0.127. The summed E-state index contributed by atoms with van der Waals surface area (Å²) in [5.41, 5.74) is 32.7. The molecule has 0 spiro atoms. The molecule has 0 fully saturated rings. The summed E-state index contributed by atoms with van der Waals surface area (Å²) >= 11 is 0. The molecule has 10 aromatic rings. The second-order valence-electron chi connectivity index (χ2n) is 20.5. The fourth-order valence-corrected chi connectivity index (χ4v) is 12.6. The van der Waals surface area contributed by atoms with E-state index in [2.05, 4.69) is 251 Å². The first kappa shape index (κ1) is 45.7. The number of aromatic nitrogens is 1. The molecule has 0 bridgehead atoms. The van der Waals surface area contributed by atoms with E-state index >= 15 is 0 Å². The van der Waals surface area contributed by atoms with Crippen LogP contribution in [0.4, 0.5) is 0 Å². The largest absolute Gasteiger partial charge is 0.309 e. The maximum Gasteiger partial charge on any atom is 0.242 e. The van der Waals surface area contributed by atoms with Gasteiger partial charge in [-0.3, -0.25) is 0 Å². The average molecular weight is 892 g/mol. The van der Waals surface area contributed by atoms with E-state index in [1.54, 1.807) is 0 Å². The predicted molar refractivity (Wildman–Crippen MR) is 304 cm³/mol. The highest BCUT2D eigenvalue weighted by molar-refractivity contribution is 6.97. The Kier molecular flexibility index (Phi) is 12.0. The van der Waals surface area contributed by atoms with Crippen molar-refractivity contribution < 1.29 is 0 Å². The fraction of sp³-hybridized carbons (Fsp3) is 0.182. The van der Waals surface area contributed by atoms with Gasteiger partial charge in [0.2, 0.25) is 13.4 Å². The third-order valence-corrected chi connectivity index (χ3v) is 15.0.